The molecule has 0 unspecified atom stereocenters. The molecule has 1 amide bonds. The maximum absolute atomic E-state index is 9.97. The fourth-order valence-corrected chi connectivity index (χ4v) is 3.45. The maximum Gasteiger partial charge on any atom is 0.211 e. The van der Waals surface area contributed by atoms with Gasteiger partial charge in [-0.3, -0.25) is 4.79 Å². The molecule has 0 fully saturated rings. The minimum Gasteiger partial charge on any atom is -0.352 e. The Morgan fingerprint density at radius 3 is 2.69 bits per heavy atom. The summed E-state index contributed by atoms with van der Waals surface area (Å²) in [5.41, 5.74) is 5.63. The smallest absolute Gasteiger partial charge is 0.211 e. The van der Waals surface area contributed by atoms with Gasteiger partial charge in [0.15, 0.2) is 5.16 Å². The lowest BCUT2D eigenvalue weighted by Crippen LogP contribution is -2.31. The van der Waals surface area contributed by atoms with Crippen molar-refractivity contribution in [3.63, 3.8) is 0 Å². The first-order chi connectivity index (χ1) is 14.1. The van der Waals surface area contributed by atoms with Crippen molar-refractivity contribution in [2.75, 3.05) is 23.0 Å². The summed E-state index contributed by atoms with van der Waals surface area (Å²) in [6.07, 6.45) is 7.47. The van der Waals surface area contributed by atoms with E-state index >= 15 is 0 Å². The lowest BCUT2D eigenvalue weighted by Gasteiger charge is -2.29. The molecule has 3 heterocycles. The highest BCUT2D eigenvalue weighted by atomic mass is 32.2. The summed E-state index contributed by atoms with van der Waals surface area (Å²) in [7, 11) is 0. The zero-order valence-corrected chi connectivity index (χ0v) is 17.7. The fourth-order valence-electron chi connectivity index (χ4n) is 3.09. The minimum absolute atomic E-state index is 0.675. The second-order valence-electron chi connectivity index (χ2n) is 6.82. The Hall–Kier alpha value is -2.93. The predicted octanol–water partition coefficient (Wildman–Crippen LogP) is 4.03. The molecular weight excluding hydrogens is 382 g/mol. The molecule has 0 atom stereocenters. The van der Waals surface area contributed by atoms with E-state index in [9.17, 15) is 4.79 Å². The molecule has 150 valence electrons. The zero-order chi connectivity index (χ0) is 20.6. The Balaban J connectivity index is 0.000000204. The van der Waals surface area contributed by atoms with Crippen molar-refractivity contribution in [2.24, 2.45) is 0 Å². The molecule has 1 aliphatic heterocycles. The Morgan fingerprint density at radius 2 is 1.97 bits per heavy atom. The maximum atomic E-state index is 9.97. The number of amides is 1. The quantitative estimate of drug-likeness (QED) is 0.400. The van der Waals surface area contributed by atoms with Gasteiger partial charge in [0.1, 0.15) is 5.82 Å². The van der Waals surface area contributed by atoms with Crippen LogP contribution in [0.15, 0.2) is 53.9 Å². The number of benzene rings is 1. The molecule has 1 N–H and O–H groups in total. The van der Waals surface area contributed by atoms with Crippen LogP contribution < -0.4 is 10.2 Å². The third-order valence-electron chi connectivity index (χ3n) is 4.56. The molecule has 2 aromatic heterocycles. The lowest BCUT2D eigenvalue weighted by molar-refractivity contribution is -0.105. The van der Waals surface area contributed by atoms with Gasteiger partial charge in [0.2, 0.25) is 6.41 Å². The van der Waals surface area contributed by atoms with Crippen LogP contribution in [0.2, 0.25) is 0 Å². The van der Waals surface area contributed by atoms with Gasteiger partial charge in [-0.1, -0.05) is 23.9 Å². The van der Waals surface area contributed by atoms with Crippen LogP contribution in [0.4, 0.5) is 11.5 Å². The predicted molar refractivity (Wildman–Crippen MR) is 118 cm³/mol. The Kier molecular flexibility index (Phi) is 7.19. The molecule has 3 aromatic rings. The summed E-state index contributed by atoms with van der Waals surface area (Å²) in [4.78, 5) is 25.7. The van der Waals surface area contributed by atoms with Crippen LogP contribution in [-0.4, -0.2) is 34.2 Å². The van der Waals surface area contributed by atoms with Crippen LogP contribution >= 0.6 is 11.8 Å². The number of hydrogen-bond donors (Lipinski definition) is 1. The average molecular weight is 408 g/mol. The van der Waals surface area contributed by atoms with Gasteiger partial charge in [0.25, 0.3) is 0 Å². The number of anilines is 2. The molecule has 4 rings (SSSR count). The van der Waals surface area contributed by atoms with Crippen molar-refractivity contribution >= 4 is 29.7 Å². The molecule has 6 nitrogen and oxygen atoms in total. The first kappa shape index (κ1) is 20.8. The number of aromatic nitrogens is 3. The average Bonchev–Trinajstić information content (AvgIpc) is 2.74. The van der Waals surface area contributed by atoms with E-state index in [1.807, 2.05) is 55.9 Å². The number of hydrogen-bond acceptors (Lipinski definition) is 6. The van der Waals surface area contributed by atoms with Gasteiger partial charge in [-0.05, 0) is 55.5 Å². The first-order valence-electron chi connectivity index (χ1n) is 9.42. The summed E-state index contributed by atoms with van der Waals surface area (Å²) < 4.78 is 0. The highest BCUT2D eigenvalue weighted by molar-refractivity contribution is 7.98. The number of aryl methyl sites for hydroxylation is 2. The van der Waals surface area contributed by atoms with E-state index in [1.165, 1.54) is 16.8 Å². The van der Waals surface area contributed by atoms with Crippen molar-refractivity contribution in [1.29, 1.82) is 0 Å². The minimum atomic E-state index is 0.675. The second-order valence-corrected chi connectivity index (χ2v) is 7.60. The molecule has 0 bridgehead atoms. The highest BCUT2D eigenvalue weighted by Gasteiger charge is 2.19. The van der Waals surface area contributed by atoms with Gasteiger partial charge in [0.05, 0.1) is 5.69 Å². The van der Waals surface area contributed by atoms with E-state index in [4.69, 9.17) is 0 Å². The number of nitrogens with zero attached hydrogens (tertiary/aromatic N) is 4. The topological polar surface area (TPSA) is 71.0 Å². The van der Waals surface area contributed by atoms with Crippen molar-refractivity contribution in [1.82, 2.24) is 15.0 Å². The molecule has 0 saturated carbocycles. The molecule has 7 heteroatoms. The largest absolute Gasteiger partial charge is 0.352 e. The molecule has 0 radical (unpaired) electrons. The van der Waals surface area contributed by atoms with Crippen LogP contribution in [0.3, 0.4) is 0 Å². The molecule has 29 heavy (non-hydrogen) atoms. The third kappa shape index (κ3) is 5.77. The molecule has 1 aromatic carbocycles. The number of thioether (sulfide) groups is 1. The Morgan fingerprint density at radius 1 is 1.14 bits per heavy atom. The van der Waals surface area contributed by atoms with Crippen LogP contribution in [0.25, 0.3) is 0 Å². The van der Waals surface area contributed by atoms with Gasteiger partial charge >= 0.3 is 0 Å². The molecule has 0 aliphatic carbocycles. The second kappa shape index (κ2) is 10.0. The standard InChI is InChI=1S/C14H16N4S.C8H9NO/c1-10-3-5-15-13(7-10)18-6-4-12-11(9-18)8-16-14(17-12)19-2;1-7-3-2-4-8(5-7)9-6-10/h3,5,7-8H,4,6,9H2,1-2H3;2-6H,1H3,(H,9,10). The lowest BCUT2D eigenvalue weighted by atomic mass is 10.1. The number of pyridine rings is 1. The fraction of sp³-hybridized carbons (Fsp3) is 0.273. The summed E-state index contributed by atoms with van der Waals surface area (Å²) in [6, 6.07) is 11.8. The summed E-state index contributed by atoms with van der Waals surface area (Å²) in [5, 5.41) is 3.43. The van der Waals surface area contributed by atoms with Gasteiger partial charge < -0.3 is 10.2 Å². The van der Waals surface area contributed by atoms with Gasteiger partial charge in [-0.15, -0.1) is 0 Å². The molecular formula is C22H25N5OS. The van der Waals surface area contributed by atoms with Crippen molar-refractivity contribution in [3.05, 3.63) is 71.2 Å². The molecule has 1 aliphatic rings. The van der Waals surface area contributed by atoms with E-state index in [0.717, 1.165) is 41.7 Å². The Labute approximate surface area is 175 Å². The highest BCUT2D eigenvalue weighted by Crippen LogP contribution is 2.23. The molecule has 0 spiro atoms. The number of rotatable bonds is 4. The van der Waals surface area contributed by atoms with Crippen molar-refractivity contribution in [2.45, 2.75) is 32.0 Å². The summed E-state index contributed by atoms with van der Waals surface area (Å²) >= 11 is 1.59. The number of fused-ring (bicyclic) bond motifs is 1. The van der Waals surface area contributed by atoms with Crippen LogP contribution in [0.5, 0.6) is 0 Å². The number of nitrogens with one attached hydrogen (secondary N) is 1. The van der Waals surface area contributed by atoms with Crippen molar-refractivity contribution in [3.8, 4) is 0 Å². The SMILES string of the molecule is CSc1ncc2c(n1)CCN(c1cc(C)ccn1)C2.Cc1cccc(NC=O)c1. The Bertz CT molecular complexity index is 979. The van der Waals surface area contributed by atoms with E-state index in [1.54, 1.807) is 11.8 Å². The van der Waals surface area contributed by atoms with Gasteiger partial charge in [-0.25, -0.2) is 15.0 Å². The van der Waals surface area contributed by atoms with Crippen LogP contribution in [0.1, 0.15) is 22.4 Å². The summed E-state index contributed by atoms with van der Waals surface area (Å²) in [6.45, 7) is 5.89. The third-order valence-corrected chi connectivity index (χ3v) is 5.12. The van der Waals surface area contributed by atoms with E-state index < -0.39 is 0 Å². The van der Waals surface area contributed by atoms with E-state index in [-0.39, 0.29) is 0 Å². The van der Waals surface area contributed by atoms with Crippen LogP contribution in [0, 0.1) is 13.8 Å². The molecule has 0 saturated heterocycles. The van der Waals surface area contributed by atoms with E-state index in [0.29, 0.717) is 6.41 Å². The van der Waals surface area contributed by atoms with Gasteiger partial charge in [-0.2, -0.15) is 0 Å². The van der Waals surface area contributed by atoms with Crippen molar-refractivity contribution < 1.29 is 4.79 Å². The van der Waals surface area contributed by atoms with Gasteiger partial charge in [0, 0.05) is 43.2 Å². The summed E-state index contributed by atoms with van der Waals surface area (Å²) in [5.74, 6) is 1.04. The first-order valence-corrected chi connectivity index (χ1v) is 10.6. The number of carbonyl (C=O) groups excluding carboxylic acids is 1. The number of carbonyl (C=O) groups is 1. The zero-order valence-electron chi connectivity index (χ0n) is 16.9. The monoisotopic (exact) mass is 407 g/mol. The van der Waals surface area contributed by atoms with Crippen LogP contribution in [-0.2, 0) is 17.8 Å². The van der Waals surface area contributed by atoms with E-state index in [2.05, 4.69) is 38.2 Å². The normalized spacial score (nSPS) is 12.4.